The smallest absolute Gasteiger partial charge is 0.378 e. The van der Waals surface area contributed by atoms with Gasteiger partial charge in [0.2, 0.25) is 17.7 Å². The lowest BCUT2D eigenvalue weighted by molar-refractivity contribution is -0.147. The number of nitrogens with zero attached hydrogens (tertiary/aromatic N) is 3. The number of likely N-dealkylation sites (tertiary alicyclic amines) is 1. The summed E-state index contributed by atoms with van der Waals surface area (Å²) < 4.78 is 45.8. The Bertz CT molecular complexity index is 1660. The molecule has 5 heterocycles. The Labute approximate surface area is 273 Å². The predicted octanol–water partition coefficient (Wildman–Crippen LogP) is 2.72. The molecule has 12 nitrogen and oxygen atoms in total. The average molecular weight is 695 g/mol. The van der Waals surface area contributed by atoms with Crippen LogP contribution in [-0.4, -0.2) is 106 Å². The number of morpholine rings is 1. The molecule has 4 amide bonds. The lowest BCUT2D eigenvalue weighted by Crippen LogP contribution is -2.57. The molecule has 3 N–H and O–H groups in total. The fourth-order valence-electron chi connectivity index (χ4n) is 7.79. The summed E-state index contributed by atoms with van der Waals surface area (Å²) in [5.74, 6) is -0.593. The molecule has 4 saturated heterocycles. The van der Waals surface area contributed by atoms with Gasteiger partial charge in [0.25, 0.3) is 5.91 Å². The lowest BCUT2D eigenvalue weighted by atomic mass is 9.99. The lowest BCUT2D eigenvalue weighted by Gasteiger charge is -2.36. The number of halogens is 2. The number of hydrogen-bond donors (Lipinski definition) is 3. The number of hydrogen-bond acceptors (Lipinski definition) is 7. The van der Waals surface area contributed by atoms with Crippen molar-refractivity contribution in [3.63, 3.8) is 0 Å². The molecule has 0 bridgehead atoms. The number of nitrogens with one attached hydrogen (secondary N) is 1. The molecule has 1 unspecified atom stereocenters. The number of fused-ring (bicyclic) bond motifs is 3. The van der Waals surface area contributed by atoms with Gasteiger partial charge in [-0.05, 0) is 73.9 Å². The van der Waals surface area contributed by atoms with Crippen molar-refractivity contribution in [3.8, 4) is 0 Å². The van der Waals surface area contributed by atoms with Gasteiger partial charge in [-0.1, -0.05) is 6.07 Å². The topological polar surface area (TPSA) is 157 Å². The average Bonchev–Trinajstić information content (AvgIpc) is 3.43. The first-order valence-electron chi connectivity index (χ1n) is 16.1. The van der Waals surface area contributed by atoms with Crippen LogP contribution in [0.4, 0.5) is 8.78 Å². The van der Waals surface area contributed by atoms with Gasteiger partial charge < -0.3 is 34.5 Å². The van der Waals surface area contributed by atoms with Crippen molar-refractivity contribution in [1.29, 1.82) is 0 Å². The van der Waals surface area contributed by atoms with E-state index in [2.05, 4.69) is 5.32 Å². The second kappa shape index (κ2) is 12.2. The molecule has 5 aliphatic rings. The third kappa shape index (κ3) is 6.09. The Morgan fingerprint density at radius 3 is 2.45 bits per heavy atom. The van der Waals surface area contributed by atoms with E-state index in [0.29, 0.717) is 75.7 Å². The molecule has 16 heteroatoms. The summed E-state index contributed by atoms with van der Waals surface area (Å²) in [6, 6.07) is 2.89. The van der Waals surface area contributed by atoms with Crippen LogP contribution in [0.1, 0.15) is 53.8 Å². The Morgan fingerprint density at radius 1 is 0.957 bits per heavy atom. The van der Waals surface area contributed by atoms with Gasteiger partial charge in [-0.3, -0.25) is 23.7 Å². The fourth-order valence-corrected chi connectivity index (χ4v) is 9.21. The Hall–Kier alpha value is -2.97. The summed E-state index contributed by atoms with van der Waals surface area (Å²) in [5, 5.41) is 3.08. The van der Waals surface area contributed by atoms with Gasteiger partial charge >= 0.3 is 13.3 Å². The maximum atomic E-state index is 14.3. The highest BCUT2D eigenvalue weighted by Gasteiger charge is 2.53. The zero-order chi connectivity index (χ0) is 33.2. The first-order valence-corrected chi connectivity index (χ1v) is 18.5. The first kappa shape index (κ1) is 32.6. The van der Waals surface area contributed by atoms with E-state index in [1.54, 1.807) is 14.7 Å². The zero-order valence-electron chi connectivity index (χ0n) is 25.6. The highest BCUT2D eigenvalue weighted by Crippen LogP contribution is 2.59. The SMILES string of the molecule is O=C(NC1C[C@@H]2C[C@@H]2C[C@H]2CC[C@@H](C(=O)N3CC[C@H](C(=O)N4CCOCC4)C3)N2C1=O)c1cc2cc(C(F)(F)P(=O)(O)O)ccc2s1. The monoisotopic (exact) mass is 694 g/mol. The molecule has 4 aliphatic heterocycles. The molecular formula is C31H37F2N4O8PS. The normalized spacial score (nSPS) is 29.7. The first-order chi connectivity index (χ1) is 22.3. The van der Waals surface area contributed by atoms with Crippen LogP contribution in [0.25, 0.3) is 10.1 Å². The summed E-state index contributed by atoms with van der Waals surface area (Å²) in [5.41, 5.74) is -5.24. The second-order valence-corrected chi connectivity index (χ2v) is 16.1. The molecule has 1 saturated carbocycles. The van der Waals surface area contributed by atoms with Crippen molar-refractivity contribution in [3.05, 3.63) is 34.7 Å². The molecule has 1 aliphatic carbocycles. The largest absolute Gasteiger partial charge is 0.399 e. The van der Waals surface area contributed by atoms with Crippen LogP contribution >= 0.6 is 18.9 Å². The van der Waals surface area contributed by atoms with Crippen molar-refractivity contribution in [1.82, 2.24) is 20.0 Å². The van der Waals surface area contributed by atoms with Gasteiger partial charge in [0.05, 0.1) is 24.0 Å². The van der Waals surface area contributed by atoms with E-state index >= 15 is 0 Å². The van der Waals surface area contributed by atoms with Crippen LogP contribution in [0.2, 0.25) is 0 Å². The molecule has 47 heavy (non-hydrogen) atoms. The number of carbonyl (C=O) groups is 4. The summed E-state index contributed by atoms with van der Waals surface area (Å²) in [4.78, 5) is 78.2. The number of thiophene rings is 1. The van der Waals surface area contributed by atoms with E-state index in [9.17, 15) is 32.5 Å². The molecule has 5 fully saturated rings. The predicted molar refractivity (Wildman–Crippen MR) is 166 cm³/mol. The minimum atomic E-state index is -5.76. The van der Waals surface area contributed by atoms with Gasteiger partial charge in [0.1, 0.15) is 12.1 Å². The van der Waals surface area contributed by atoms with Crippen LogP contribution in [0, 0.1) is 17.8 Å². The molecule has 0 radical (unpaired) electrons. The van der Waals surface area contributed by atoms with Crippen LogP contribution < -0.4 is 5.32 Å². The molecule has 1 aromatic heterocycles. The molecule has 7 rings (SSSR count). The molecule has 1 aromatic carbocycles. The van der Waals surface area contributed by atoms with Crippen molar-refractivity contribution >= 4 is 52.6 Å². The van der Waals surface area contributed by atoms with E-state index in [1.165, 1.54) is 12.1 Å². The Morgan fingerprint density at radius 2 is 1.70 bits per heavy atom. The number of benzene rings is 1. The summed E-state index contributed by atoms with van der Waals surface area (Å²) in [6.45, 7) is 2.85. The highest BCUT2D eigenvalue weighted by molar-refractivity contribution is 7.52. The molecular weight excluding hydrogens is 657 g/mol. The molecule has 6 atom stereocenters. The molecule has 254 valence electrons. The van der Waals surface area contributed by atoms with Crippen molar-refractivity contribution in [2.45, 2.75) is 62.3 Å². The zero-order valence-corrected chi connectivity index (χ0v) is 27.3. The minimum Gasteiger partial charge on any atom is -0.378 e. The summed E-state index contributed by atoms with van der Waals surface area (Å²) in [6.07, 6.45) is 3.97. The van der Waals surface area contributed by atoms with E-state index in [1.807, 2.05) is 0 Å². The minimum absolute atomic E-state index is 0.0331. The summed E-state index contributed by atoms with van der Waals surface area (Å²) >= 11 is 1.02. The Kier molecular flexibility index (Phi) is 8.43. The standard InChI is InChI=1S/C31H37F2N4O8PS/c32-31(33,46(42,43)44)21-1-4-25-20(12-21)15-26(47-25)27(38)34-23-14-19-11-18(19)13-22-2-3-24(37(22)29(23)40)30(41)36-6-5-17(16-36)28(39)35-7-9-45-10-8-35/h1,4,12,15,17-19,22-24H,2-3,5-11,13-14,16H2,(H,34,38)(H2,42,43,44)/t17-,18+,19-,22+,23?,24-/m0/s1. The van der Waals surface area contributed by atoms with Crippen molar-refractivity contribution in [2.75, 3.05) is 39.4 Å². The van der Waals surface area contributed by atoms with Gasteiger partial charge in [-0.15, -0.1) is 11.3 Å². The number of amides is 4. The van der Waals surface area contributed by atoms with Crippen molar-refractivity contribution in [2.24, 2.45) is 17.8 Å². The maximum Gasteiger partial charge on any atom is 0.399 e. The van der Waals surface area contributed by atoms with Crippen LogP contribution in [0.3, 0.4) is 0 Å². The molecule has 2 aromatic rings. The fraction of sp³-hybridized carbons (Fsp3) is 0.613. The quantitative estimate of drug-likeness (QED) is 0.390. The van der Waals surface area contributed by atoms with Crippen LogP contribution in [-0.2, 0) is 29.3 Å². The Balaban J connectivity index is 1.06. The van der Waals surface area contributed by atoms with E-state index < -0.39 is 36.8 Å². The second-order valence-electron chi connectivity index (χ2n) is 13.4. The van der Waals surface area contributed by atoms with E-state index in [-0.39, 0.29) is 45.9 Å². The van der Waals surface area contributed by atoms with E-state index in [4.69, 9.17) is 14.5 Å². The highest BCUT2D eigenvalue weighted by atomic mass is 32.1. The third-order valence-electron chi connectivity index (χ3n) is 10.5. The van der Waals surface area contributed by atoms with Gasteiger partial charge in [0, 0.05) is 42.5 Å². The number of ether oxygens (including phenoxy) is 1. The summed E-state index contributed by atoms with van der Waals surface area (Å²) in [7, 11) is -5.76. The van der Waals surface area contributed by atoms with Crippen molar-refractivity contribution < 1.29 is 47.0 Å². The van der Waals surface area contributed by atoms with Gasteiger partial charge in [-0.25, -0.2) is 0 Å². The van der Waals surface area contributed by atoms with Gasteiger partial charge in [-0.2, -0.15) is 8.78 Å². The number of rotatable bonds is 6. The van der Waals surface area contributed by atoms with E-state index in [0.717, 1.165) is 36.3 Å². The van der Waals surface area contributed by atoms with Crippen LogP contribution in [0.15, 0.2) is 24.3 Å². The molecule has 0 spiro atoms. The third-order valence-corrected chi connectivity index (χ3v) is 12.6. The number of carbonyl (C=O) groups excluding carboxylic acids is 4. The van der Waals surface area contributed by atoms with Crippen LogP contribution in [0.5, 0.6) is 0 Å². The van der Waals surface area contributed by atoms with Gasteiger partial charge in [0.15, 0.2) is 0 Å². The number of alkyl halides is 2. The maximum absolute atomic E-state index is 14.3.